The van der Waals surface area contributed by atoms with Crippen molar-refractivity contribution in [3.63, 3.8) is 0 Å². The van der Waals surface area contributed by atoms with Gasteiger partial charge in [0.25, 0.3) is 5.91 Å². The molecule has 2 atom stereocenters. The first kappa shape index (κ1) is 20.5. The summed E-state index contributed by atoms with van der Waals surface area (Å²) in [4.78, 5) is 17.2. The maximum atomic E-state index is 13.0. The van der Waals surface area contributed by atoms with Crippen molar-refractivity contribution in [3.05, 3.63) is 66.4 Å². The largest absolute Gasteiger partial charge is 0.321 e. The zero-order valence-corrected chi connectivity index (χ0v) is 17.9. The molecule has 4 rings (SSSR count). The van der Waals surface area contributed by atoms with Gasteiger partial charge in [-0.2, -0.15) is 4.31 Å². The summed E-state index contributed by atoms with van der Waals surface area (Å²) in [5.74, 6) is 0.378. The van der Waals surface area contributed by atoms with Gasteiger partial charge in [-0.05, 0) is 66.8 Å². The summed E-state index contributed by atoms with van der Waals surface area (Å²) in [6, 6.07) is 15.4. The molecule has 1 fully saturated rings. The number of carbonyl (C=O) groups excluding carboxylic acids is 1. The van der Waals surface area contributed by atoms with E-state index in [1.54, 1.807) is 22.6 Å². The van der Waals surface area contributed by atoms with Crippen LogP contribution in [0.5, 0.6) is 0 Å². The third-order valence-corrected chi connectivity index (χ3v) is 7.33. The molecule has 1 N–H and O–H groups in total. The van der Waals surface area contributed by atoms with Crippen LogP contribution in [0, 0.1) is 11.8 Å². The first-order valence-corrected chi connectivity index (χ1v) is 11.5. The van der Waals surface area contributed by atoms with Gasteiger partial charge >= 0.3 is 0 Å². The van der Waals surface area contributed by atoms with Crippen LogP contribution in [0.25, 0.3) is 10.9 Å². The zero-order valence-electron chi connectivity index (χ0n) is 17.1. The fraction of sp³-hybridized carbons (Fsp3) is 0.304. The Hall–Kier alpha value is -2.77. The van der Waals surface area contributed by atoms with Crippen molar-refractivity contribution in [1.82, 2.24) is 9.29 Å². The number of hydrogen-bond donors (Lipinski definition) is 1. The lowest BCUT2D eigenvalue weighted by molar-refractivity contribution is 0.102. The minimum absolute atomic E-state index is 0.217. The van der Waals surface area contributed by atoms with Crippen molar-refractivity contribution in [1.29, 1.82) is 0 Å². The van der Waals surface area contributed by atoms with Crippen molar-refractivity contribution < 1.29 is 13.2 Å². The predicted octanol–water partition coefficient (Wildman–Crippen LogP) is 4.15. The Morgan fingerprint density at radius 2 is 1.70 bits per heavy atom. The minimum Gasteiger partial charge on any atom is -0.321 e. The van der Waals surface area contributed by atoms with Crippen LogP contribution in [0.4, 0.5) is 5.69 Å². The number of fused-ring (bicyclic) bond motifs is 1. The summed E-state index contributed by atoms with van der Waals surface area (Å²) < 4.78 is 27.6. The second-order valence-corrected chi connectivity index (χ2v) is 10.1. The van der Waals surface area contributed by atoms with Crippen LogP contribution in [0.1, 0.15) is 30.6 Å². The van der Waals surface area contributed by atoms with Gasteiger partial charge in [-0.15, -0.1) is 0 Å². The lowest BCUT2D eigenvalue weighted by Gasteiger charge is -2.34. The maximum absolute atomic E-state index is 13.0. The fourth-order valence-corrected chi connectivity index (χ4v) is 5.82. The van der Waals surface area contributed by atoms with Crippen LogP contribution in [0.2, 0.25) is 0 Å². The van der Waals surface area contributed by atoms with E-state index < -0.39 is 10.0 Å². The molecular weight excluding hydrogens is 398 g/mol. The van der Waals surface area contributed by atoms with Crippen molar-refractivity contribution >= 4 is 32.5 Å². The van der Waals surface area contributed by atoms with Gasteiger partial charge in [0.1, 0.15) is 0 Å². The Labute approximate surface area is 177 Å². The van der Waals surface area contributed by atoms with Crippen LogP contribution in [-0.2, 0) is 10.0 Å². The molecular formula is C23H25N3O3S. The number of pyridine rings is 1. The van der Waals surface area contributed by atoms with E-state index >= 15 is 0 Å². The molecule has 0 aliphatic carbocycles. The normalized spacial score (nSPS) is 20.2. The second kappa shape index (κ2) is 8.16. The number of sulfonamides is 1. The number of piperidine rings is 1. The number of anilines is 1. The molecule has 6 nitrogen and oxygen atoms in total. The van der Waals surface area contributed by atoms with Crippen LogP contribution in [-0.4, -0.2) is 36.7 Å². The van der Waals surface area contributed by atoms with Crippen molar-refractivity contribution in [2.45, 2.75) is 25.2 Å². The van der Waals surface area contributed by atoms with Crippen molar-refractivity contribution in [2.75, 3.05) is 18.4 Å². The van der Waals surface area contributed by atoms with E-state index in [2.05, 4.69) is 24.1 Å². The number of rotatable bonds is 4. The predicted molar refractivity (Wildman–Crippen MR) is 118 cm³/mol. The van der Waals surface area contributed by atoms with E-state index in [9.17, 15) is 13.2 Å². The average Bonchev–Trinajstić information content (AvgIpc) is 2.73. The summed E-state index contributed by atoms with van der Waals surface area (Å²) >= 11 is 0. The summed E-state index contributed by atoms with van der Waals surface area (Å²) in [7, 11) is -3.56. The molecule has 0 spiro atoms. The quantitative estimate of drug-likeness (QED) is 0.684. The number of carbonyl (C=O) groups is 1. The molecule has 30 heavy (non-hydrogen) atoms. The average molecular weight is 424 g/mol. The van der Waals surface area contributed by atoms with Gasteiger partial charge in [-0.1, -0.05) is 19.9 Å². The molecule has 1 aromatic heterocycles. The smallest absolute Gasteiger partial charge is 0.255 e. The molecule has 1 aliphatic heterocycles. The lowest BCUT2D eigenvalue weighted by Crippen LogP contribution is -2.42. The highest BCUT2D eigenvalue weighted by Gasteiger charge is 2.31. The topological polar surface area (TPSA) is 79.4 Å². The van der Waals surface area contributed by atoms with Crippen molar-refractivity contribution in [3.8, 4) is 0 Å². The standard InChI is InChI=1S/C23H25N3O3S/c1-16-13-17(2)15-26(14-16)30(28,29)19-10-8-18(9-11-19)23(27)25-22-7-3-6-21-20(22)5-4-12-24-21/h3-12,16-17H,13-15H2,1-2H3,(H,25,27). The molecule has 0 saturated carbocycles. The Bertz CT molecular complexity index is 1160. The van der Waals surface area contributed by atoms with Gasteiger partial charge in [0.15, 0.2) is 0 Å². The van der Waals surface area contributed by atoms with Gasteiger partial charge in [0.05, 0.1) is 16.1 Å². The van der Waals surface area contributed by atoms with Crippen LogP contribution in [0.15, 0.2) is 65.7 Å². The Balaban J connectivity index is 1.53. The van der Waals surface area contributed by atoms with E-state index in [1.807, 2.05) is 30.3 Å². The SMILES string of the molecule is CC1CC(C)CN(S(=O)(=O)c2ccc(C(=O)Nc3cccc4ncccc34)cc2)C1. The van der Waals surface area contributed by atoms with E-state index in [-0.39, 0.29) is 10.8 Å². The van der Waals surface area contributed by atoms with Crippen molar-refractivity contribution in [2.24, 2.45) is 11.8 Å². The highest BCUT2D eigenvalue weighted by molar-refractivity contribution is 7.89. The molecule has 7 heteroatoms. The molecule has 2 aromatic carbocycles. The van der Waals surface area contributed by atoms with E-state index in [1.165, 1.54) is 12.1 Å². The molecule has 2 heterocycles. The molecule has 3 aromatic rings. The first-order valence-electron chi connectivity index (χ1n) is 10.1. The monoisotopic (exact) mass is 423 g/mol. The number of amides is 1. The van der Waals surface area contributed by atoms with Gasteiger partial charge in [-0.25, -0.2) is 8.42 Å². The number of nitrogens with one attached hydrogen (secondary N) is 1. The van der Waals surface area contributed by atoms with E-state index in [4.69, 9.17) is 0 Å². The lowest BCUT2D eigenvalue weighted by atomic mass is 9.94. The Morgan fingerprint density at radius 3 is 2.40 bits per heavy atom. The minimum atomic E-state index is -3.56. The van der Waals surface area contributed by atoms with Crippen LogP contribution in [0.3, 0.4) is 0 Å². The number of benzene rings is 2. The summed E-state index contributed by atoms with van der Waals surface area (Å²) in [6.07, 6.45) is 2.74. The Kier molecular flexibility index (Phi) is 5.58. The molecule has 1 aliphatic rings. The van der Waals surface area contributed by atoms with Crippen LogP contribution < -0.4 is 5.32 Å². The zero-order chi connectivity index (χ0) is 21.3. The molecule has 0 bridgehead atoms. The van der Waals surface area contributed by atoms with E-state index in [0.29, 0.717) is 36.2 Å². The third kappa shape index (κ3) is 4.08. The summed E-state index contributed by atoms with van der Waals surface area (Å²) in [5.41, 5.74) is 1.86. The maximum Gasteiger partial charge on any atom is 0.255 e. The first-order chi connectivity index (χ1) is 14.3. The summed E-state index contributed by atoms with van der Waals surface area (Å²) in [6.45, 7) is 5.22. The molecule has 2 unspecified atom stereocenters. The molecule has 1 amide bonds. The van der Waals surface area contributed by atoms with Gasteiger partial charge in [-0.3, -0.25) is 9.78 Å². The fourth-order valence-electron chi connectivity index (χ4n) is 4.14. The summed E-state index contributed by atoms with van der Waals surface area (Å²) in [5, 5.41) is 3.74. The molecule has 156 valence electrons. The van der Waals surface area contributed by atoms with Gasteiger partial charge in [0.2, 0.25) is 10.0 Å². The number of hydrogen-bond acceptors (Lipinski definition) is 4. The van der Waals surface area contributed by atoms with E-state index in [0.717, 1.165) is 17.3 Å². The second-order valence-electron chi connectivity index (χ2n) is 8.12. The number of aromatic nitrogens is 1. The molecule has 0 radical (unpaired) electrons. The Morgan fingerprint density at radius 1 is 1.00 bits per heavy atom. The highest BCUT2D eigenvalue weighted by atomic mass is 32.2. The van der Waals surface area contributed by atoms with Gasteiger partial charge < -0.3 is 5.32 Å². The van der Waals surface area contributed by atoms with Crippen LogP contribution >= 0.6 is 0 Å². The highest BCUT2D eigenvalue weighted by Crippen LogP contribution is 2.27. The molecule has 1 saturated heterocycles. The van der Waals surface area contributed by atoms with Gasteiger partial charge in [0, 0.05) is 30.2 Å². The number of nitrogens with zero attached hydrogens (tertiary/aromatic N) is 2. The third-order valence-electron chi connectivity index (χ3n) is 5.48.